The maximum atomic E-state index is 4.56. The van der Waals surface area contributed by atoms with Crippen molar-refractivity contribution in [2.75, 3.05) is 10.6 Å². The van der Waals surface area contributed by atoms with Crippen molar-refractivity contribution in [3.8, 4) is 0 Å². The first-order valence-corrected chi connectivity index (χ1v) is 8.81. The minimum Gasteiger partial charge on any atom is -0.361 e. The molecule has 0 amide bonds. The van der Waals surface area contributed by atoms with Crippen molar-refractivity contribution in [2.45, 2.75) is 6.54 Å². The highest BCUT2D eigenvalue weighted by Crippen LogP contribution is 2.21. The second-order valence-corrected chi connectivity index (χ2v) is 6.42. The zero-order valence-corrected chi connectivity index (χ0v) is 14.5. The number of nitrogens with one attached hydrogen (secondary N) is 4. The predicted octanol–water partition coefficient (Wildman–Crippen LogP) is 4.79. The van der Waals surface area contributed by atoms with E-state index < -0.39 is 0 Å². The quantitative estimate of drug-likeness (QED) is 0.366. The largest absolute Gasteiger partial charge is 0.361 e. The molecule has 0 aliphatic carbocycles. The number of aromatic nitrogens is 4. The summed E-state index contributed by atoms with van der Waals surface area (Å²) in [6.07, 6.45) is 5.64. The van der Waals surface area contributed by atoms with Gasteiger partial charge in [0.25, 0.3) is 0 Å². The molecule has 5 rings (SSSR count). The van der Waals surface area contributed by atoms with E-state index in [4.69, 9.17) is 0 Å². The second kappa shape index (κ2) is 6.49. The fraction of sp³-hybridized carbons (Fsp3) is 0.0476. The summed E-state index contributed by atoms with van der Waals surface area (Å²) in [7, 11) is 0. The zero-order chi connectivity index (χ0) is 18.1. The highest BCUT2D eigenvalue weighted by molar-refractivity contribution is 5.84. The van der Waals surface area contributed by atoms with Crippen LogP contribution in [0.25, 0.3) is 21.8 Å². The lowest BCUT2D eigenvalue weighted by Gasteiger charge is -2.09. The van der Waals surface area contributed by atoms with Crippen LogP contribution in [0.5, 0.6) is 0 Å². The van der Waals surface area contributed by atoms with Gasteiger partial charge in [-0.05, 0) is 59.5 Å². The third kappa shape index (κ3) is 3.20. The van der Waals surface area contributed by atoms with Crippen LogP contribution in [-0.4, -0.2) is 19.9 Å². The normalized spacial score (nSPS) is 11.1. The maximum Gasteiger partial charge on any atom is 0.224 e. The summed E-state index contributed by atoms with van der Waals surface area (Å²) >= 11 is 0. The minimum absolute atomic E-state index is 0.594. The summed E-state index contributed by atoms with van der Waals surface area (Å²) in [6, 6.07) is 18.5. The molecule has 27 heavy (non-hydrogen) atoms. The Morgan fingerprint density at radius 3 is 2.44 bits per heavy atom. The van der Waals surface area contributed by atoms with Gasteiger partial charge in [0.05, 0.1) is 0 Å². The Balaban J connectivity index is 1.30. The summed E-state index contributed by atoms with van der Waals surface area (Å²) in [5.41, 5.74) is 4.43. The molecule has 0 aliphatic rings. The SMILES string of the molecule is c1cc(Nc2ccc3[nH]ccc3c2)nc(NCc2ccc3[nH]ccc3c2)n1. The number of nitrogens with zero attached hydrogens (tertiary/aromatic N) is 2. The number of H-pyrrole nitrogens is 2. The van der Waals surface area contributed by atoms with Gasteiger partial charge >= 0.3 is 0 Å². The number of aromatic amines is 2. The van der Waals surface area contributed by atoms with E-state index in [0.717, 1.165) is 27.9 Å². The van der Waals surface area contributed by atoms with Gasteiger partial charge in [-0.15, -0.1) is 0 Å². The summed E-state index contributed by atoms with van der Waals surface area (Å²) in [5.74, 6) is 1.35. The lowest BCUT2D eigenvalue weighted by atomic mass is 10.1. The van der Waals surface area contributed by atoms with E-state index in [1.807, 2.05) is 24.5 Å². The van der Waals surface area contributed by atoms with Crippen LogP contribution in [0.1, 0.15) is 5.56 Å². The van der Waals surface area contributed by atoms with E-state index in [9.17, 15) is 0 Å². The molecule has 6 nitrogen and oxygen atoms in total. The molecule has 5 aromatic rings. The second-order valence-electron chi connectivity index (χ2n) is 6.42. The number of benzene rings is 2. The van der Waals surface area contributed by atoms with Crippen molar-refractivity contribution < 1.29 is 0 Å². The van der Waals surface area contributed by atoms with Crippen LogP contribution in [0.2, 0.25) is 0 Å². The predicted molar refractivity (Wildman–Crippen MR) is 109 cm³/mol. The molecule has 0 radical (unpaired) electrons. The molecule has 3 aromatic heterocycles. The molecule has 0 saturated carbocycles. The Morgan fingerprint density at radius 1 is 0.815 bits per heavy atom. The number of hydrogen-bond donors (Lipinski definition) is 4. The molecule has 6 heteroatoms. The maximum absolute atomic E-state index is 4.56. The molecule has 2 aromatic carbocycles. The van der Waals surface area contributed by atoms with Crippen molar-refractivity contribution >= 4 is 39.3 Å². The van der Waals surface area contributed by atoms with Gasteiger partial charge in [-0.1, -0.05) is 6.07 Å². The van der Waals surface area contributed by atoms with Gasteiger partial charge in [0, 0.05) is 47.2 Å². The van der Waals surface area contributed by atoms with Gasteiger partial charge < -0.3 is 20.6 Å². The molecular weight excluding hydrogens is 336 g/mol. The van der Waals surface area contributed by atoms with Gasteiger partial charge in [-0.2, -0.15) is 4.98 Å². The number of rotatable bonds is 5. The van der Waals surface area contributed by atoms with E-state index in [2.05, 4.69) is 73.0 Å². The first-order valence-electron chi connectivity index (χ1n) is 8.81. The third-order valence-electron chi connectivity index (χ3n) is 4.55. The summed E-state index contributed by atoms with van der Waals surface area (Å²) in [5, 5.41) is 8.99. The molecule has 0 bridgehead atoms. The van der Waals surface area contributed by atoms with Crippen molar-refractivity contribution in [1.29, 1.82) is 0 Å². The average Bonchev–Trinajstić information content (AvgIpc) is 3.35. The Hall–Kier alpha value is -3.80. The fourth-order valence-corrected chi connectivity index (χ4v) is 3.19. The van der Waals surface area contributed by atoms with E-state index in [1.54, 1.807) is 6.20 Å². The van der Waals surface area contributed by atoms with Crippen LogP contribution < -0.4 is 10.6 Å². The standard InChI is InChI=1S/C21H18N6/c1-3-18-15(5-8-22-18)11-14(1)13-25-21-24-10-7-20(27-21)26-17-2-4-19-16(12-17)6-9-23-19/h1-12,22-23H,13H2,(H2,24,25,26,27). The van der Waals surface area contributed by atoms with Gasteiger partial charge in [-0.25, -0.2) is 4.98 Å². The van der Waals surface area contributed by atoms with Crippen molar-refractivity contribution in [1.82, 2.24) is 19.9 Å². The number of fused-ring (bicyclic) bond motifs is 2. The van der Waals surface area contributed by atoms with Crippen LogP contribution >= 0.6 is 0 Å². The third-order valence-corrected chi connectivity index (χ3v) is 4.55. The lowest BCUT2D eigenvalue weighted by Crippen LogP contribution is -2.04. The fourth-order valence-electron chi connectivity index (χ4n) is 3.19. The number of hydrogen-bond acceptors (Lipinski definition) is 4. The van der Waals surface area contributed by atoms with Gasteiger partial charge in [0.15, 0.2) is 0 Å². The Labute approximate surface area is 155 Å². The van der Waals surface area contributed by atoms with E-state index in [0.29, 0.717) is 12.5 Å². The molecule has 0 atom stereocenters. The van der Waals surface area contributed by atoms with Crippen molar-refractivity contribution in [3.63, 3.8) is 0 Å². The molecule has 0 fully saturated rings. The highest BCUT2D eigenvalue weighted by Gasteiger charge is 2.03. The molecule has 0 spiro atoms. The first kappa shape index (κ1) is 15.5. The Bertz CT molecular complexity index is 1220. The van der Waals surface area contributed by atoms with Gasteiger partial charge in [0.1, 0.15) is 5.82 Å². The average molecular weight is 354 g/mol. The topological polar surface area (TPSA) is 81.4 Å². The Morgan fingerprint density at radius 2 is 1.59 bits per heavy atom. The summed E-state index contributed by atoms with van der Waals surface area (Å²) < 4.78 is 0. The first-order chi connectivity index (χ1) is 13.3. The zero-order valence-electron chi connectivity index (χ0n) is 14.5. The van der Waals surface area contributed by atoms with Crippen LogP contribution in [-0.2, 0) is 6.54 Å². The molecule has 0 saturated heterocycles. The molecule has 3 heterocycles. The minimum atomic E-state index is 0.594. The highest BCUT2D eigenvalue weighted by atomic mass is 15.1. The molecular formula is C21H18N6. The molecule has 0 unspecified atom stereocenters. The Kier molecular flexibility index (Phi) is 3.72. The van der Waals surface area contributed by atoms with Crippen LogP contribution in [0.3, 0.4) is 0 Å². The van der Waals surface area contributed by atoms with Crippen LogP contribution in [0, 0.1) is 0 Å². The van der Waals surface area contributed by atoms with E-state index in [-0.39, 0.29) is 0 Å². The van der Waals surface area contributed by atoms with E-state index in [1.165, 1.54) is 10.9 Å². The molecule has 132 valence electrons. The smallest absolute Gasteiger partial charge is 0.224 e. The summed E-state index contributed by atoms with van der Waals surface area (Å²) in [4.78, 5) is 15.3. The molecule has 4 N–H and O–H groups in total. The van der Waals surface area contributed by atoms with Crippen molar-refractivity contribution in [2.24, 2.45) is 0 Å². The number of anilines is 3. The van der Waals surface area contributed by atoms with Crippen LogP contribution in [0.4, 0.5) is 17.5 Å². The van der Waals surface area contributed by atoms with E-state index >= 15 is 0 Å². The summed E-state index contributed by atoms with van der Waals surface area (Å²) in [6.45, 7) is 0.667. The van der Waals surface area contributed by atoms with Crippen molar-refractivity contribution in [3.05, 3.63) is 78.8 Å². The van der Waals surface area contributed by atoms with Crippen LogP contribution in [0.15, 0.2) is 73.2 Å². The molecule has 0 aliphatic heterocycles. The lowest BCUT2D eigenvalue weighted by molar-refractivity contribution is 1.06. The van der Waals surface area contributed by atoms with Gasteiger partial charge in [0.2, 0.25) is 5.95 Å². The van der Waals surface area contributed by atoms with Gasteiger partial charge in [-0.3, -0.25) is 0 Å². The monoisotopic (exact) mass is 354 g/mol.